The number of allylic oxidation sites excluding steroid dienone is 1. The van der Waals surface area contributed by atoms with Gasteiger partial charge in [-0.3, -0.25) is 14.4 Å². The van der Waals surface area contributed by atoms with Gasteiger partial charge in [-0.2, -0.15) is 5.26 Å². The summed E-state index contributed by atoms with van der Waals surface area (Å²) in [7, 11) is 1.69. The summed E-state index contributed by atoms with van der Waals surface area (Å²) in [6.45, 7) is 4.58. The summed E-state index contributed by atoms with van der Waals surface area (Å²) in [5, 5.41) is 9.02. The van der Waals surface area contributed by atoms with Gasteiger partial charge in [0.1, 0.15) is 12.1 Å². The fraction of sp³-hybridized carbons (Fsp3) is 0.368. The Hall–Kier alpha value is -4.70. The van der Waals surface area contributed by atoms with Gasteiger partial charge in [-0.15, -0.1) is 0 Å². The van der Waals surface area contributed by atoms with Gasteiger partial charge in [0.15, 0.2) is 6.61 Å². The highest BCUT2D eigenvalue weighted by Crippen LogP contribution is 2.37. The van der Waals surface area contributed by atoms with E-state index in [1.165, 1.54) is 4.90 Å². The molecule has 2 amide bonds. The smallest absolute Gasteiger partial charge is 0.313 e. The Balaban J connectivity index is 1.54. The van der Waals surface area contributed by atoms with E-state index in [9.17, 15) is 14.4 Å². The monoisotopic (exact) mass is 605 g/mol. The number of benzene rings is 3. The summed E-state index contributed by atoms with van der Waals surface area (Å²) >= 11 is 0. The zero-order valence-corrected chi connectivity index (χ0v) is 26.5. The van der Waals surface area contributed by atoms with Crippen molar-refractivity contribution in [3.05, 3.63) is 108 Å². The predicted molar refractivity (Wildman–Crippen MR) is 176 cm³/mol. The second kappa shape index (κ2) is 15.9. The number of amides is 2. The van der Waals surface area contributed by atoms with Gasteiger partial charge in [-0.05, 0) is 59.9 Å². The van der Waals surface area contributed by atoms with E-state index in [-0.39, 0.29) is 18.4 Å². The maximum Gasteiger partial charge on any atom is 0.313 e. The molecule has 1 heterocycles. The molecule has 0 unspecified atom stereocenters. The summed E-state index contributed by atoms with van der Waals surface area (Å²) in [6.07, 6.45) is 5.85. The Labute approximate surface area is 267 Å². The number of carbonyl (C=O) groups is 3. The summed E-state index contributed by atoms with van der Waals surface area (Å²) in [5.74, 6) is -0.346. The number of nitriles is 1. The van der Waals surface area contributed by atoms with Gasteiger partial charge < -0.3 is 14.5 Å². The van der Waals surface area contributed by atoms with Crippen LogP contribution in [-0.4, -0.2) is 60.4 Å². The third-order valence-corrected chi connectivity index (χ3v) is 8.58. The lowest BCUT2D eigenvalue weighted by atomic mass is 9.73. The van der Waals surface area contributed by atoms with E-state index >= 15 is 0 Å². The van der Waals surface area contributed by atoms with Crippen molar-refractivity contribution >= 4 is 17.8 Å². The predicted octanol–water partition coefficient (Wildman–Crippen LogP) is 6.24. The van der Waals surface area contributed by atoms with E-state index in [0.29, 0.717) is 44.7 Å². The third kappa shape index (κ3) is 8.92. The highest BCUT2D eigenvalue weighted by Gasteiger charge is 2.45. The molecule has 0 radical (unpaired) electrons. The molecule has 0 aliphatic carbocycles. The van der Waals surface area contributed by atoms with Gasteiger partial charge in [0.2, 0.25) is 11.8 Å². The van der Waals surface area contributed by atoms with Crippen molar-refractivity contribution in [1.82, 2.24) is 9.80 Å². The number of carbonyl (C=O) groups excluding carboxylic acids is 3. The van der Waals surface area contributed by atoms with Crippen LogP contribution < -0.4 is 0 Å². The average molecular weight is 606 g/mol. The lowest BCUT2D eigenvalue weighted by Crippen LogP contribution is -2.54. The fourth-order valence-electron chi connectivity index (χ4n) is 5.85. The number of hydrogen-bond acceptors (Lipinski definition) is 5. The molecule has 45 heavy (non-hydrogen) atoms. The van der Waals surface area contributed by atoms with Gasteiger partial charge in [0.05, 0.1) is 5.41 Å². The first-order valence-electron chi connectivity index (χ1n) is 15.7. The van der Waals surface area contributed by atoms with Gasteiger partial charge in [0, 0.05) is 26.6 Å². The Morgan fingerprint density at radius 3 is 2.11 bits per heavy atom. The standard InChI is InChI=1S/C38H43N3O4/c1-29(2)11-10-16-35(42)40(3)34(27-30-17-19-33(20-18-30)32-14-8-5-9-15-32)36(43)41-24-21-38(22-25-41,37(44)45-26-23-39)28-31-12-6-4-7-13-31/h4-10,12-20,29,34H,11,21-22,24-28H2,1-3H3/b16-10+/t34-/m1/s1. The van der Waals surface area contributed by atoms with Gasteiger partial charge in [0.25, 0.3) is 0 Å². The minimum atomic E-state index is -0.834. The van der Waals surface area contributed by atoms with Gasteiger partial charge in [-0.1, -0.05) is 105 Å². The van der Waals surface area contributed by atoms with Crippen molar-refractivity contribution in [2.75, 3.05) is 26.7 Å². The SMILES string of the molecule is CC(C)C/C=C/C(=O)N(C)[C@H](Cc1ccc(-c2ccccc2)cc1)C(=O)N1CCC(Cc2ccccc2)(C(=O)OCC#N)CC1. The fourth-order valence-corrected chi connectivity index (χ4v) is 5.85. The highest BCUT2D eigenvalue weighted by atomic mass is 16.5. The first-order valence-corrected chi connectivity index (χ1v) is 15.7. The molecule has 7 heteroatoms. The van der Waals surface area contributed by atoms with E-state index in [1.807, 2.05) is 84.9 Å². The molecule has 0 aromatic heterocycles. The second-order valence-corrected chi connectivity index (χ2v) is 12.3. The van der Waals surface area contributed by atoms with Crippen molar-refractivity contribution in [2.24, 2.45) is 11.3 Å². The molecule has 1 fully saturated rings. The number of likely N-dealkylation sites (N-methyl/N-ethyl adjacent to an activating group) is 1. The molecule has 0 bridgehead atoms. The molecule has 1 atom stereocenters. The minimum Gasteiger partial charge on any atom is -0.450 e. The molecule has 1 aliphatic heterocycles. The largest absolute Gasteiger partial charge is 0.450 e. The van der Waals surface area contributed by atoms with Crippen molar-refractivity contribution in [1.29, 1.82) is 5.26 Å². The minimum absolute atomic E-state index is 0.144. The Morgan fingerprint density at radius 1 is 0.911 bits per heavy atom. The molecule has 1 saturated heterocycles. The summed E-state index contributed by atoms with van der Waals surface area (Å²) in [4.78, 5) is 44.0. The topological polar surface area (TPSA) is 90.7 Å². The van der Waals surface area contributed by atoms with Crippen molar-refractivity contribution in [3.63, 3.8) is 0 Å². The maximum absolute atomic E-state index is 14.2. The lowest BCUT2D eigenvalue weighted by molar-refractivity contribution is -0.160. The average Bonchev–Trinajstić information content (AvgIpc) is 3.06. The number of hydrogen-bond donors (Lipinski definition) is 0. The summed E-state index contributed by atoms with van der Waals surface area (Å²) in [5.41, 5.74) is 3.31. The number of likely N-dealkylation sites (tertiary alicyclic amines) is 1. The lowest BCUT2D eigenvalue weighted by Gasteiger charge is -2.42. The van der Waals surface area contributed by atoms with Gasteiger partial charge in [-0.25, -0.2) is 0 Å². The van der Waals surface area contributed by atoms with Crippen LogP contribution in [0.5, 0.6) is 0 Å². The molecule has 0 saturated carbocycles. The molecule has 4 rings (SSSR count). The van der Waals surface area contributed by atoms with E-state index in [4.69, 9.17) is 10.00 Å². The van der Waals surface area contributed by atoms with E-state index in [2.05, 4.69) is 26.0 Å². The first-order chi connectivity index (χ1) is 21.7. The first kappa shape index (κ1) is 33.2. The number of esters is 1. The molecular formula is C38H43N3O4. The molecule has 0 N–H and O–H groups in total. The zero-order chi connectivity index (χ0) is 32.2. The third-order valence-electron chi connectivity index (χ3n) is 8.58. The van der Waals surface area contributed by atoms with Crippen LogP contribution in [0.15, 0.2) is 97.1 Å². The van der Waals surface area contributed by atoms with Crippen LogP contribution in [0.2, 0.25) is 0 Å². The van der Waals surface area contributed by atoms with Crippen molar-refractivity contribution in [2.45, 2.75) is 52.0 Å². The van der Waals surface area contributed by atoms with Crippen LogP contribution in [-0.2, 0) is 32.0 Å². The number of ether oxygens (including phenoxy) is 1. The van der Waals surface area contributed by atoms with E-state index in [0.717, 1.165) is 28.7 Å². The van der Waals surface area contributed by atoms with Crippen LogP contribution >= 0.6 is 0 Å². The molecule has 3 aromatic rings. The van der Waals surface area contributed by atoms with Crippen LogP contribution in [0.25, 0.3) is 11.1 Å². The van der Waals surface area contributed by atoms with E-state index < -0.39 is 17.4 Å². The number of nitrogens with zero attached hydrogens (tertiary/aromatic N) is 3. The number of rotatable bonds is 12. The Bertz CT molecular complexity index is 1490. The molecule has 0 spiro atoms. The Morgan fingerprint density at radius 2 is 1.51 bits per heavy atom. The Kier molecular flexibility index (Phi) is 11.7. The van der Waals surface area contributed by atoms with Crippen LogP contribution in [0.3, 0.4) is 0 Å². The quantitative estimate of drug-likeness (QED) is 0.180. The number of piperidine rings is 1. The molecule has 3 aromatic carbocycles. The molecule has 234 valence electrons. The van der Waals surface area contributed by atoms with Crippen LogP contribution in [0, 0.1) is 22.7 Å². The second-order valence-electron chi connectivity index (χ2n) is 12.3. The van der Waals surface area contributed by atoms with Gasteiger partial charge >= 0.3 is 5.97 Å². The molecule has 7 nitrogen and oxygen atoms in total. The van der Waals surface area contributed by atoms with Crippen LogP contribution in [0.4, 0.5) is 0 Å². The van der Waals surface area contributed by atoms with Crippen molar-refractivity contribution < 1.29 is 19.1 Å². The maximum atomic E-state index is 14.2. The van der Waals surface area contributed by atoms with E-state index in [1.54, 1.807) is 18.0 Å². The van der Waals surface area contributed by atoms with Crippen molar-refractivity contribution in [3.8, 4) is 17.2 Å². The normalized spacial score (nSPS) is 15.0. The summed E-state index contributed by atoms with van der Waals surface area (Å²) < 4.78 is 5.33. The molecule has 1 aliphatic rings. The van der Waals surface area contributed by atoms with Crippen LogP contribution in [0.1, 0.15) is 44.2 Å². The molecular weight excluding hydrogens is 562 g/mol. The summed E-state index contributed by atoms with van der Waals surface area (Å²) in [6, 6.07) is 29.1. The zero-order valence-electron chi connectivity index (χ0n) is 26.5. The highest BCUT2D eigenvalue weighted by molar-refractivity contribution is 5.93.